The lowest BCUT2D eigenvalue weighted by Crippen LogP contribution is -2.15. The van der Waals surface area contributed by atoms with E-state index in [0.29, 0.717) is 13.2 Å². The molecule has 2 atom stereocenters. The largest absolute Gasteiger partial charge is 0.382 e. The van der Waals surface area contributed by atoms with E-state index in [1.807, 2.05) is 0 Å². The molecule has 0 radical (unpaired) electrons. The van der Waals surface area contributed by atoms with Crippen LogP contribution in [-0.4, -0.2) is 39.6 Å². The first-order chi connectivity index (χ1) is 6.60. The molecule has 0 bridgehead atoms. The summed E-state index contributed by atoms with van der Waals surface area (Å²) in [6.45, 7) is 4.35. The summed E-state index contributed by atoms with van der Waals surface area (Å²) in [6, 6.07) is 0. The number of hydrogen-bond donors (Lipinski definition) is 0. The first-order valence-electron chi connectivity index (χ1n) is 4.45. The molecule has 0 fully saturated rings. The maximum atomic E-state index is 11.2. The summed E-state index contributed by atoms with van der Waals surface area (Å²) in [5.41, 5.74) is 0. The molecule has 0 aliphatic rings. The Balaban J connectivity index is 3.63. The van der Waals surface area contributed by atoms with Crippen LogP contribution in [0.4, 0.5) is 0 Å². The molecule has 0 heterocycles. The van der Waals surface area contributed by atoms with Crippen LogP contribution in [0.2, 0.25) is 0 Å². The lowest BCUT2D eigenvalue weighted by Gasteiger charge is -2.15. The molecule has 0 saturated carbocycles. The van der Waals surface area contributed by atoms with Gasteiger partial charge in [-0.3, -0.25) is 4.57 Å². The van der Waals surface area contributed by atoms with Crippen molar-refractivity contribution in [1.82, 2.24) is 0 Å². The van der Waals surface area contributed by atoms with Crippen LogP contribution in [0.1, 0.15) is 13.8 Å². The van der Waals surface area contributed by atoms with Crippen LogP contribution in [0, 0.1) is 0 Å². The fraction of sp³-hybridized carbons (Fsp3) is 1.00. The highest BCUT2D eigenvalue weighted by atomic mass is 31.1. The lowest BCUT2D eigenvalue weighted by molar-refractivity contribution is 0.0550. The minimum atomic E-state index is -2.44. The summed E-state index contributed by atoms with van der Waals surface area (Å²) in [6.07, 6.45) is -0.442. The van der Waals surface area contributed by atoms with E-state index in [4.69, 9.17) is 18.5 Å². The van der Waals surface area contributed by atoms with Gasteiger partial charge in [-0.1, -0.05) is 0 Å². The Morgan fingerprint density at radius 1 is 1.00 bits per heavy atom. The Morgan fingerprint density at radius 2 is 1.36 bits per heavy atom. The molecule has 0 aromatic rings. The molecule has 0 aliphatic carbocycles. The van der Waals surface area contributed by atoms with Gasteiger partial charge in [0.25, 0.3) is 0 Å². The lowest BCUT2D eigenvalue weighted by atomic mass is 10.5. The van der Waals surface area contributed by atoms with Gasteiger partial charge >= 0.3 is 8.25 Å². The van der Waals surface area contributed by atoms with Crippen LogP contribution < -0.4 is 0 Å². The molecule has 0 saturated heterocycles. The zero-order chi connectivity index (χ0) is 11.0. The first kappa shape index (κ1) is 14.1. The Labute approximate surface area is 85.6 Å². The van der Waals surface area contributed by atoms with Crippen LogP contribution in [0.5, 0.6) is 0 Å². The predicted molar refractivity (Wildman–Crippen MR) is 53.8 cm³/mol. The zero-order valence-electron chi connectivity index (χ0n) is 9.11. The van der Waals surface area contributed by atoms with Gasteiger partial charge in [0.05, 0.1) is 25.4 Å². The third-order valence-electron chi connectivity index (χ3n) is 1.40. The van der Waals surface area contributed by atoms with Gasteiger partial charge < -0.3 is 18.5 Å². The van der Waals surface area contributed by atoms with Gasteiger partial charge in [0.1, 0.15) is 0 Å². The van der Waals surface area contributed by atoms with Crippen molar-refractivity contribution in [3.63, 3.8) is 0 Å². The third-order valence-corrected chi connectivity index (χ3v) is 2.59. The van der Waals surface area contributed by atoms with Crippen LogP contribution in [0.3, 0.4) is 0 Å². The van der Waals surface area contributed by atoms with E-state index < -0.39 is 8.25 Å². The average Bonchev–Trinajstić information content (AvgIpc) is 2.03. The SMILES string of the molecule is COCC(C)O[PH](=O)OC(C)COC. The highest BCUT2D eigenvalue weighted by molar-refractivity contribution is 7.33. The third kappa shape index (κ3) is 7.47. The Hall–Kier alpha value is 0.0700. The van der Waals surface area contributed by atoms with E-state index in [1.165, 1.54) is 0 Å². The van der Waals surface area contributed by atoms with E-state index in [-0.39, 0.29) is 12.2 Å². The average molecular weight is 226 g/mol. The highest BCUT2D eigenvalue weighted by Crippen LogP contribution is 2.27. The summed E-state index contributed by atoms with van der Waals surface area (Å²) < 4.78 is 31.0. The number of rotatable bonds is 8. The second-order valence-electron chi connectivity index (χ2n) is 3.02. The van der Waals surface area contributed by atoms with Gasteiger partial charge in [-0.2, -0.15) is 0 Å². The van der Waals surface area contributed by atoms with Gasteiger partial charge in [0.15, 0.2) is 0 Å². The molecule has 0 N–H and O–H groups in total. The standard InChI is InChI=1S/C8H19O5P/c1-7(5-10-3)12-14(9)13-8(2)6-11-4/h7-8,14H,5-6H2,1-4H3. The van der Waals surface area contributed by atoms with E-state index in [0.717, 1.165) is 0 Å². The minimum Gasteiger partial charge on any atom is -0.382 e. The molecule has 2 unspecified atom stereocenters. The maximum Gasteiger partial charge on any atom is 0.319 e. The van der Waals surface area contributed by atoms with E-state index in [2.05, 4.69) is 0 Å². The van der Waals surface area contributed by atoms with Crippen molar-refractivity contribution in [3.05, 3.63) is 0 Å². The summed E-state index contributed by atoms with van der Waals surface area (Å²) in [5, 5.41) is 0. The van der Waals surface area contributed by atoms with Crippen LogP contribution in [0.25, 0.3) is 0 Å². The molecule has 6 heteroatoms. The van der Waals surface area contributed by atoms with Crippen LogP contribution >= 0.6 is 8.25 Å². The summed E-state index contributed by atoms with van der Waals surface area (Å²) in [4.78, 5) is 0. The predicted octanol–water partition coefficient (Wildman–Crippen LogP) is 1.48. The number of hydrogen-bond acceptors (Lipinski definition) is 5. The van der Waals surface area contributed by atoms with Crippen molar-refractivity contribution in [1.29, 1.82) is 0 Å². The van der Waals surface area contributed by atoms with Crippen LogP contribution in [0.15, 0.2) is 0 Å². The molecule has 5 nitrogen and oxygen atoms in total. The molecule has 0 aliphatic heterocycles. The minimum absolute atomic E-state index is 0.221. The Kier molecular flexibility index (Phi) is 8.43. The van der Waals surface area contributed by atoms with E-state index in [1.54, 1.807) is 28.1 Å². The normalized spacial score (nSPS) is 17.7. The summed E-state index contributed by atoms with van der Waals surface area (Å²) >= 11 is 0. The van der Waals surface area contributed by atoms with Gasteiger partial charge in [0.2, 0.25) is 0 Å². The van der Waals surface area contributed by atoms with Crippen molar-refractivity contribution < 1.29 is 23.1 Å². The summed E-state index contributed by atoms with van der Waals surface area (Å²) in [7, 11) is 0.680. The van der Waals surface area contributed by atoms with Crippen molar-refractivity contribution >= 4 is 8.25 Å². The molecule has 86 valence electrons. The van der Waals surface area contributed by atoms with Crippen molar-refractivity contribution in [2.75, 3.05) is 27.4 Å². The molecular formula is C8H19O5P. The molecule has 0 aromatic carbocycles. The van der Waals surface area contributed by atoms with E-state index >= 15 is 0 Å². The second kappa shape index (κ2) is 8.38. The monoisotopic (exact) mass is 226 g/mol. The molecule has 14 heavy (non-hydrogen) atoms. The zero-order valence-corrected chi connectivity index (χ0v) is 10.1. The number of methoxy groups -OCH3 is 2. The van der Waals surface area contributed by atoms with Gasteiger partial charge in [-0.05, 0) is 13.8 Å². The topological polar surface area (TPSA) is 54.0 Å². The Morgan fingerprint density at radius 3 is 1.64 bits per heavy atom. The maximum absolute atomic E-state index is 11.2. The number of ether oxygens (including phenoxy) is 2. The highest BCUT2D eigenvalue weighted by Gasteiger charge is 2.11. The smallest absolute Gasteiger partial charge is 0.319 e. The van der Waals surface area contributed by atoms with Crippen molar-refractivity contribution in [2.24, 2.45) is 0 Å². The van der Waals surface area contributed by atoms with Crippen molar-refractivity contribution in [3.8, 4) is 0 Å². The first-order valence-corrected chi connectivity index (χ1v) is 5.67. The quantitative estimate of drug-likeness (QED) is 0.587. The molecule has 0 aromatic heterocycles. The molecule has 0 spiro atoms. The molecular weight excluding hydrogens is 207 g/mol. The van der Waals surface area contributed by atoms with Crippen molar-refractivity contribution in [2.45, 2.75) is 26.1 Å². The molecule has 0 amide bonds. The Bertz CT molecular complexity index is 148. The fourth-order valence-electron chi connectivity index (χ4n) is 0.894. The van der Waals surface area contributed by atoms with Crippen LogP contribution in [-0.2, 0) is 23.1 Å². The molecule has 0 rings (SSSR count). The fourth-order valence-corrected chi connectivity index (χ4v) is 1.74. The van der Waals surface area contributed by atoms with Gasteiger partial charge in [-0.25, -0.2) is 0 Å². The van der Waals surface area contributed by atoms with Gasteiger partial charge in [-0.15, -0.1) is 0 Å². The van der Waals surface area contributed by atoms with E-state index in [9.17, 15) is 4.57 Å². The second-order valence-corrected chi connectivity index (χ2v) is 3.99. The van der Waals surface area contributed by atoms with Gasteiger partial charge in [0, 0.05) is 14.2 Å². The summed E-state index contributed by atoms with van der Waals surface area (Å²) in [5.74, 6) is 0.